The fraction of sp³-hybridized carbons (Fsp3) is 0. The number of carbonyl (C=O) groups is 1. The van der Waals surface area contributed by atoms with Gasteiger partial charge in [-0.3, -0.25) is 9.89 Å². The summed E-state index contributed by atoms with van der Waals surface area (Å²) >= 11 is 6.11. The topological polar surface area (TPSA) is 57.8 Å². The van der Waals surface area contributed by atoms with E-state index in [2.05, 4.69) is 15.5 Å². The van der Waals surface area contributed by atoms with Crippen LogP contribution in [0.4, 0.5) is 5.69 Å². The fourth-order valence-electron chi connectivity index (χ4n) is 2.53. The molecule has 21 heavy (non-hydrogen) atoms. The number of H-pyrrole nitrogens is 1. The summed E-state index contributed by atoms with van der Waals surface area (Å²) in [4.78, 5) is 12.1. The number of aromatic nitrogens is 2. The molecule has 4 rings (SSSR count). The van der Waals surface area contributed by atoms with E-state index in [9.17, 15) is 4.79 Å². The lowest BCUT2D eigenvalue weighted by Gasteiger charge is -2.00. The fourth-order valence-corrected chi connectivity index (χ4v) is 2.75. The lowest BCUT2D eigenvalue weighted by molar-refractivity contribution is -0.110. The molecular formula is C16H10ClN3O. The highest BCUT2D eigenvalue weighted by atomic mass is 35.5. The summed E-state index contributed by atoms with van der Waals surface area (Å²) in [6.07, 6.45) is 3.63. The molecule has 1 amide bonds. The number of benzene rings is 2. The van der Waals surface area contributed by atoms with Crippen molar-refractivity contribution in [1.29, 1.82) is 0 Å². The number of para-hydroxylation sites is 1. The highest BCUT2D eigenvalue weighted by molar-refractivity contribution is 6.41. The molecule has 0 spiro atoms. The van der Waals surface area contributed by atoms with E-state index in [1.54, 1.807) is 12.3 Å². The summed E-state index contributed by atoms with van der Waals surface area (Å²) in [6.45, 7) is 0. The number of carbonyl (C=O) groups excluding carboxylic acids is 1. The highest BCUT2D eigenvalue weighted by Gasteiger charge is 2.25. The zero-order valence-corrected chi connectivity index (χ0v) is 11.6. The third-order valence-corrected chi connectivity index (χ3v) is 3.88. The lowest BCUT2D eigenvalue weighted by atomic mass is 10.0. The molecule has 0 bridgehead atoms. The minimum Gasteiger partial charge on any atom is -0.320 e. The SMILES string of the molecule is O=C1Nc2c(Cl)cccc2C1=Cc1ccc2cn[nH]c2c1. The van der Waals surface area contributed by atoms with Crippen LogP contribution in [0.2, 0.25) is 5.02 Å². The molecular weight excluding hydrogens is 286 g/mol. The summed E-state index contributed by atoms with van der Waals surface area (Å²) in [5.74, 6) is -0.136. The minimum atomic E-state index is -0.136. The summed E-state index contributed by atoms with van der Waals surface area (Å²) in [6, 6.07) is 11.4. The molecule has 0 unspecified atom stereocenters. The highest BCUT2D eigenvalue weighted by Crippen LogP contribution is 2.37. The van der Waals surface area contributed by atoms with Crippen molar-refractivity contribution < 1.29 is 4.79 Å². The van der Waals surface area contributed by atoms with Crippen LogP contribution < -0.4 is 5.32 Å². The van der Waals surface area contributed by atoms with Crippen molar-refractivity contribution >= 4 is 45.7 Å². The third kappa shape index (κ3) is 1.92. The van der Waals surface area contributed by atoms with Crippen molar-refractivity contribution in [3.63, 3.8) is 0 Å². The van der Waals surface area contributed by atoms with Crippen LogP contribution in [0.3, 0.4) is 0 Å². The molecule has 5 heteroatoms. The maximum atomic E-state index is 12.1. The van der Waals surface area contributed by atoms with E-state index in [1.807, 2.05) is 36.4 Å². The van der Waals surface area contributed by atoms with Gasteiger partial charge in [0.2, 0.25) is 0 Å². The predicted octanol–water partition coefficient (Wildman–Crippen LogP) is 3.71. The normalized spacial score (nSPS) is 15.5. The first-order valence-corrected chi connectivity index (χ1v) is 6.85. The number of aromatic amines is 1. The molecule has 2 aromatic carbocycles. The van der Waals surface area contributed by atoms with Crippen LogP contribution in [-0.2, 0) is 4.79 Å². The summed E-state index contributed by atoms with van der Waals surface area (Å²) in [5, 5.41) is 11.3. The number of amides is 1. The number of hydrogen-bond acceptors (Lipinski definition) is 2. The van der Waals surface area contributed by atoms with E-state index in [0.717, 1.165) is 22.0 Å². The standard InChI is InChI=1S/C16H10ClN3O/c17-13-3-1-2-11-12(16(21)19-15(11)13)6-9-4-5-10-8-18-20-14(10)7-9/h1-8H,(H,18,20)(H,19,21). The van der Waals surface area contributed by atoms with Gasteiger partial charge in [-0.25, -0.2) is 0 Å². The van der Waals surface area contributed by atoms with Crippen molar-refractivity contribution in [3.05, 3.63) is 58.7 Å². The first kappa shape index (κ1) is 12.2. The quantitative estimate of drug-likeness (QED) is 0.672. The number of nitrogens with zero attached hydrogens (tertiary/aromatic N) is 1. The zero-order valence-electron chi connectivity index (χ0n) is 10.9. The smallest absolute Gasteiger partial charge is 0.256 e. The van der Waals surface area contributed by atoms with E-state index in [0.29, 0.717) is 16.3 Å². The largest absolute Gasteiger partial charge is 0.320 e. The van der Waals surface area contributed by atoms with Gasteiger partial charge in [-0.1, -0.05) is 35.9 Å². The maximum Gasteiger partial charge on any atom is 0.256 e. The Morgan fingerprint density at radius 1 is 1.19 bits per heavy atom. The Balaban J connectivity index is 1.86. The van der Waals surface area contributed by atoms with Gasteiger partial charge in [-0.05, 0) is 23.8 Å². The average Bonchev–Trinajstić information content (AvgIpc) is 3.05. The predicted molar refractivity (Wildman–Crippen MR) is 84.0 cm³/mol. The van der Waals surface area contributed by atoms with Gasteiger partial charge in [0, 0.05) is 16.5 Å². The first-order valence-electron chi connectivity index (χ1n) is 6.47. The molecule has 1 aliphatic heterocycles. The van der Waals surface area contributed by atoms with E-state index in [-0.39, 0.29) is 5.91 Å². The Hall–Kier alpha value is -2.59. The number of anilines is 1. The Labute approximate surface area is 125 Å². The minimum absolute atomic E-state index is 0.136. The molecule has 0 saturated carbocycles. The van der Waals surface area contributed by atoms with Gasteiger partial charge in [0.15, 0.2) is 0 Å². The van der Waals surface area contributed by atoms with Crippen molar-refractivity contribution in [2.75, 3.05) is 5.32 Å². The molecule has 0 radical (unpaired) electrons. The van der Waals surface area contributed by atoms with E-state index < -0.39 is 0 Å². The molecule has 0 saturated heterocycles. The van der Waals surface area contributed by atoms with E-state index in [1.165, 1.54) is 0 Å². The number of rotatable bonds is 1. The van der Waals surface area contributed by atoms with Crippen LogP contribution in [0.25, 0.3) is 22.6 Å². The van der Waals surface area contributed by atoms with Crippen molar-refractivity contribution in [2.45, 2.75) is 0 Å². The van der Waals surface area contributed by atoms with Crippen LogP contribution in [0.1, 0.15) is 11.1 Å². The van der Waals surface area contributed by atoms with Crippen LogP contribution in [-0.4, -0.2) is 16.1 Å². The molecule has 3 aromatic rings. The number of halogens is 1. The van der Waals surface area contributed by atoms with Crippen molar-refractivity contribution in [2.24, 2.45) is 0 Å². The van der Waals surface area contributed by atoms with Gasteiger partial charge in [0.1, 0.15) is 0 Å². The summed E-state index contributed by atoms with van der Waals surface area (Å²) in [7, 11) is 0. The molecule has 2 N–H and O–H groups in total. The number of nitrogens with one attached hydrogen (secondary N) is 2. The zero-order chi connectivity index (χ0) is 14.4. The molecule has 0 fully saturated rings. The maximum absolute atomic E-state index is 12.1. The molecule has 102 valence electrons. The Morgan fingerprint density at radius 3 is 3.00 bits per heavy atom. The van der Waals surface area contributed by atoms with Crippen molar-refractivity contribution in [3.8, 4) is 0 Å². The molecule has 0 atom stereocenters. The molecule has 2 heterocycles. The van der Waals surface area contributed by atoms with Gasteiger partial charge in [0.05, 0.1) is 22.4 Å². The molecule has 1 aromatic heterocycles. The monoisotopic (exact) mass is 295 g/mol. The van der Waals surface area contributed by atoms with E-state index in [4.69, 9.17) is 11.6 Å². The molecule has 4 nitrogen and oxygen atoms in total. The van der Waals surface area contributed by atoms with Crippen LogP contribution >= 0.6 is 11.6 Å². The number of fused-ring (bicyclic) bond motifs is 2. The van der Waals surface area contributed by atoms with Gasteiger partial charge >= 0.3 is 0 Å². The third-order valence-electron chi connectivity index (χ3n) is 3.56. The van der Waals surface area contributed by atoms with Gasteiger partial charge in [-0.2, -0.15) is 5.10 Å². The first-order chi connectivity index (χ1) is 10.2. The van der Waals surface area contributed by atoms with Crippen LogP contribution in [0.15, 0.2) is 42.6 Å². The molecule has 1 aliphatic rings. The van der Waals surface area contributed by atoms with Crippen LogP contribution in [0, 0.1) is 0 Å². The second-order valence-corrected chi connectivity index (χ2v) is 5.30. The summed E-state index contributed by atoms with van der Waals surface area (Å²) in [5.41, 5.74) is 4.00. The lowest BCUT2D eigenvalue weighted by Crippen LogP contribution is -2.03. The van der Waals surface area contributed by atoms with Gasteiger partial charge < -0.3 is 5.32 Å². The van der Waals surface area contributed by atoms with Gasteiger partial charge in [0.25, 0.3) is 5.91 Å². The Morgan fingerprint density at radius 2 is 2.10 bits per heavy atom. The summed E-state index contributed by atoms with van der Waals surface area (Å²) < 4.78 is 0. The van der Waals surface area contributed by atoms with Crippen LogP contribution in [0.5, 0.6) is 0 Å². The second-order valence-electron chi connectivity index (χ2n) is 4.89. The van der Waals surface area contributed by atoms with Crippen molar-refractivity contribution in [1.82, 2.24) is 10.2 Å². The number of hydrogen-bond donors (Lipinski definition) is 2. The van der Waals surface area contributed by atoms with E-state index >= 15 is 0 Å². The average molecular weight is 296 g/mol. The molecule has 0 aliphatic carbocycles. The Bertz CT molecular complexity index is 911. The van der Waals surface area contributed by atoms with Gasteiger partial charge in [-0.15, -0.1) is 0 Å². The Kier molecular flexibility index (Phi) is 2.59. The second kappa shape index (κ2) is 4.46.